The predicted molar refractivity (Wildman–Crippen MR) is 102 cm³/mol. The van der Waals surface area contributed by atoms with Crippen LogP contribution in [-0.4, -0.2) is 10.9 Å². The lowest BCUT2D eigenvalue weighted by atomic mass is 10.2. The van der Waals surface area contributed by atoms with Crippen molar-refractivity contribution in [2.75, 3.05) is 0 Å². The van der Waals surface area contributed by atoms with Crippen LogP contribution in [0.15, 0.2) is 47.8 Å². The van der Waals surface area contributed by atoms with Crippen molar-refractivity contribution < 1.29 is 14.3 Å². The number of nitrogens with zero attached hydrogens (tertiary/aromatic N) is 1. The van der Waals surface area contributed by atoms with Gasteiger partial charge in [-0.25, -0.2) is 4.98 Å². The Hall–Kier alpha value is -2.28. The fourth-order valence-electron chi connectivity index (χ4n) is 2.13. The molecule has 0 atom stereocenters. The fourth-order valence-corrected chi connectivity index (χ4v) is 3.12. The third kappa shape index (κ3) is 4.88. The molecule has 0 bridgehead atoms. The number of carbonyl (C=O) groups excluding carboxylic acids is 1. The highest BCUT2D eigenvalue weighted by atomic mass is 35.5. The summed E-state index contributed by atoms with van der Waals surface area (Å²) in [5.74, 6) is 0.487. The molecule has 0 aliphatic carbocycles. The van der Waals surface area contributed by atoms with Crippen LogP contribution in [-0.2, 0) is 13.2 Å². The molecule has 1 aromatic heterocycles. The molecule has 1 amide bonds. The van der Waals surface area contributed by atoms with Crippen molar-refractivity contribution in [2.24, 2.45) is 5.73 Å². The highest BCUT2D eigenvalue weighted by Gasteiger charge is 2.11. The summed E-state index contributed by atoms with van der Waals surface area (Å²) < 4.78 is 11.3. The standard InChI is InChI=1S/C18H14Cl2N2O3S/c19-11-1-4-14(5-2-11)24-9-17-22-13(10-26-17)8-25-16-6-3-12(20)7-15(16)18(21)23/h1-7,10H,8-9H2,(H2,21,23). The first-order valence-corrected chi connectivity index (χ1v) is 9.18. The van der Waals surface area contributed by atoms with Crippen LogP contribution in [0, 0.1) is 0 Å². The lowest BCUT2D eigenvalue weighted by molar-refractivity contribution is 0.0996. The third-order valence-corrected chi connectivity index (χ3v) is 4.72. The highest BCUT2D eigenvalue weighted by Crippen LogP contribution is 2.24. The van der Waals surface area contributed by atoms with Gasteiger partial charge in [0.25, 0.3) is 5.91 Å². The molecule has 3 rings (SSSR count). The number of rotatable bonds is 7. The quantitative estimate of drug-likeness (QED) is 0.614. The molecule has 0 saturated heterocycles. The molecule has 8 heteroatoms. The maximum absolute atomic E-state index is 11.5. The van der Waals surface area contributed by atoms with Gasteiger partial charge in [-0.15, -0.1) is 11.3 Å². The van der Waals surface area contributed by atoms with E-state index < -0.39 is 5.91 Å². The Bertz CT molecular complexity index is 913. The first-order chi connectivity index (χ1) is 12.5. The Morgan fingerprint density at radius 1 is 1.04 bits per heavy atom. The maximum atomic E-state index is 11.5. The van der Waals surface area contributed by atoms with Crippen molar-refractivity contribution in [2.45, 2.75) is 13.2 Å². The molecule has 3 aromatic rings. The van der Waals surface area contributed by atoms with Crippen LogP contribution in [0.2, 0.25) is 10.0 Å². The molecular formula is C18H14Cl2N2O3S. The first kappa shape index (κ1) is 18.5. The summed E-state index contributed by atoms with van der Waals surface area (Å²) >= 11 is 13.2. The first-order valence-electron chi connectivity index (χ1n) is 7.55. The molecule has 2 aromatic carbocycles. The van der Waals surface area contributed by atoms with E-state index in [4.69, 9.17) is 38.4 Å². The Morgan fingerprint density at radius 3 is 2.50 bits per heavy atom. The van der Waals surface area contributed by atoms with E-state index in [1.165, 1.54) is 17.4 Å². The zero-order valence-electron chi connectivity index (χ0n) is 13.4. The Kier molecular flexibility index (Phi) is 5.98. The van der Waals surface area contributed by atoms with Crippen LogP contribution in [0.25, 0.3) is 0 Å². The summed E-state index contributed by atoms with van der Waals surface area (Å²) in [6.45, 7) is 0.555. The van der Waals surface area contributed by atoms with Crippen LogP contribution in [0.3, 0.4) is 0 Å². The molecule has 0 aliphatic rings. The van der Waals surface area contributed by atoms with Crippen LogP contribution >= 0.6 is 34.5 Å². The van der Waals surface area contributed by atoms with E-state index in [0.717, 1.165) is 16.5 Å². The van der Waals surface area contributed by atoms with Crippen LogP contribution in [0.1, 0.15) is 21.1 Å². The van der Waals surface area contributed by atoms with Crippen LogP contribution in [0.5, 0.6) is 11.5 Å². The fraction of sp³-hybridized carbons (Fsp3) is 0.111. The van der Waals surface area contributed by atoms with Crippen molar-refractivity contribution in [3.8, 4) is 11.5 Å². The number of hydrogen-bond acceptors (Lipinski definition) is 5. The lowest BCUT2D eigenvalue weighted by Crippen LogP contribution is -2.13. The molecule has 2 N–H and O–H groups in total. The van der Waals surface area contributed by atoms with E-state index in [1.807, 2.05) is 5.38 Å². The zero-order valence-corrected chi connectivity index (χ0v) is 15.8. The Balaban J connectivity index is 1.59. The third-order valence-electron chi connectivity index (χ3n) is 3.36. The molecule has 0 aliphatic heterocycles. The van der Waals surface area contributed by atoms with Crippen molar-refractivity contribution in [1.82, 2.24) is 4.98 Å². The number of ether oxygens (including phenoxy) is 2. The van der Waals surface area contributed by atoms with Crippen molar-refractivity contribution in [1.29, 1.82) is 0 Å². The van der Waals surface area contributed by atoms with Gasteiger partial charge in [-0.1, -0.05) is 23.2 Å². The average Bonchev–Trinajstić information content (AvgIpc) is 3.08. The van der Waals surface area contributed by atoms with E-state index in [2.05, 4.69) is 4.98 Å². The van der Waals surface area contributed by atoms with Crippen molar-refractivity contribution >= 4 is 40.4 Å². The van der Waals surface area contributed by atoms with E-state index in [1.54, 1.807) is 36.4 Å². The van der Waals surface area contributed by atoms with Crippen molar-refractivity contribution in [3.05, 3.63) is 74.2 Å². The summed E-state index contributed by atoms with van der Waals surface area (Å²) in [6, 6.07) is 11.8. The molecule has 0 unspecified atom stereocenters. The van der Waals surface area contributed by atoms with Gasteiger partial charge in [0.05, 0.1) is 11.3 Å². The minimum absolute atomic E-state index is 0.208. The minimum atomic E-state index is -0.599. The number of thiazole rings is 1. The van der Waals surface area contributed by atoms with Gasteiger partial charge < -0.3 is 15.2 Å². The van der Waals surface area contributed by atoms with Crippen molar-refractivity contribution in [3.63, 3.8) is 0 Å². The largest absolute Gasteiger partial charge is 0.486 e. The number of hydrogen-bond donors (Lipinski definition) is 1. The van der Waals surface area contributed by atoms with Crippen LogP contribution in [0.4, 0.5) is 0 Å². The summed E-state index contributed by atoms with van der Waals surface area (Å²) in [7, 11) is 0. The summed E-state index contributed by atoms with van der Waals surface area (Å²) in [4.78, 5) is 15.9. The minimum Gasteiger partial charge on any atom is -0.486 e. The molecule has 26 heavy (non-hydrogen) atoms. The second kappa shape index (κ2) is 8.40. The molecule has 0 fully saturated rings. The average molecular weight is 409 g/mol. The molecule has 5 nitrogen and oxygen atoms in total. The maximum Gasteiger partial charge on any atom is 0.252 e. The lowest BCUT2D eigenvalue weighted by Gasteiger charge is -2.08. The van der Waals surface area contributed by atoms with E-state index in [-0.39, 0.29) is 12.2 Å². The SMILES string of the molecule is NC(=O)c1cc(Cl)ccc1OCc1csc(COc2ccc(Cl)cc2)n1. The van der Waals surface area contributed by atoms with E-state index in [0.29, 0.717) is 22.4 Å². The van der Waals surface area contributed by atoms with Gasteiger partial charge in [0.2, 0.25) is 0 Å². The Labute approximate surface area is 164 Å². The number of nitrogens with two attached hydrogens (primary N) is 1. The smallest absolute Gasteiger partial charge is 0.252 e. The number of primary amides is 1. The van der Waals surface area contributed by atoms with Gasteiger partial charge in [0.15, 0.2) is 0 Å². The predicted octanol–water partition coefficient (Wildman–Crippen LogP) is 4.71. The van der Waals surface area contributed by atoms with Gasteiger partial charge in [-0.3, -0.25) is 4.79 Å². The summed E-state index contributed by atoms with van der Waals surface area (Å²) in [5, 5.41) is 3.76. The van der Waals surface area contributed by atoms with E-state index in [9.17, 15) is 4.79 Å². The second-order valence-corrected chi connectivity index (χ2v) is 7.08. The summed E-state index contributed by atoms with van der Waals surface area (Å²) in [6.07, 6.45) is 0. The highest BCUT2D eigenvalue weighted by molar-refractivity contribution is 7.09. The molecule has 134 valence electrons. The number of carbonyl (C=O) groups is 1. The van der Waals surface area contributed by atoms with Gasteiger partial charge in [-0.05, 0) is 42.5 Å². The zero-order chi connectivity index (χ0) is 18.5. The monoisotopic (exact) mass is 408 g/mol. The molecule has 0 saturated carbocycles. The topological polar surface area (TPSA) is 74.4 Å². The van der Waals surface area contributed by atoms with Gasteiger partial charge in [-0.2, -0.15) is 0 Å². The second-order valence-electron chi connectivity index (χ2n) is 5.27. The van der Waals surface area contributed by atoms with E-state index >= 15 is 0 Å². The van der Waals surface area contributed by atoms with Gasteiger partial charge >= 0.3 is 0 Å². The normalized spacial score (nSPS) is 10.5. The number of halogens is 2. The van der Waals surface area contributed by atoms with Gasteiger partial charge in [0, 0.05) is 15.4 Å². The Morgan fingerprint density at radius 2 is 1.77 bits per heavy atom. The number of benzene rings is 2. The van der Waals surface area contributed by atoms with Crippen LogP contribution < -0.4 is 15.2 Å². The van der Waals surface area contributed by atoms with Gasteiger partial charge in [0.1, 0.15) is 29.7 Å². The molecular weight excluding hydrogens is 395 g/mol. The molecule has 0 spiro atoms. The molecule has 1 heterocycles. The summed E-state index contributed by atoms with van der Waals surface area (Å²) in [5.41, 5.74) is 6.31. The number of aromatic nitrogens is 1. The molecule has 0 radical (unpaired) electrons. The number of amides is 1.